The molecule has 2 aromatic heterocycles. The van der Waals surface area contributed by atoms with Gasteiger partial charge >= 0.3 is 5.69 Å². The van der Waals surface area contributed by atoms with Gasteiger partial charge < -0.3 is 4.98 Å². The Balaban J connectivity index is 2.63. The van der Waals surface area contributed by atoms with Gasteiger partial charge in [0, 0.05) is 16.0 Å². The third kappa shape index (κ3) is 1.54. The summed E-state index contributed by atoms with van der Waals surface area (Å²) in [6, 6.07) is 3.80. The molecule has 0 spiro atoms. The van der Waals surface area contributed by atoms with E-state index in [0.717, 1.165) is 9.75 Å². The number of thiophene rings is 1. The first-order valence-electron chi connectivity index (χ1n) is 4.05. The van der Waals surface area contributed by atoms with Gasteiger partial charge in [0.2, 0.25) is 0 Å². The maximum atomic E-state index is 11.4. The average molecular weight is 208 g/mol. The van der Waals surface area contributed by atoms with Gasteiger partial charge in [-0.2, -0.15) is 0 Å². The molecule has 0 fully saturated rings. The summed E-state index contributed by atoms with van der Waals surface area (Å²) in [5, 5.41) is 0. The Bertz CT molecular complexity index is 564. The van der Waals surface area contributed by atoms with Crippen LogP contribution in [0.3, 0.4) is 0 Å². The van der Waals surface area contributed by atoms with Crippen LogP contribution in [0.5, 0.6) is 0 Å². The number of hydrogen-bond acceptors (Lipinski definition) is 3. The molecule has 0 aliphatic rings. The molecular formula is C9H8N2O2S. The summed E-state index contributed by atoms with van der Waals surface area (Å²) in [4.78, 5) is 28.8. The zero-order chi connectivity index (χ0) is 10.1. The van der Waals surface area contributed by atoms with Gasteiger partial charge in [0.25, 0.3) is 5.56 Å². The molecule has 0 atom stereocenters. The fourth-order valence-electron chi connectivity index (χ4n) is 1.17. The molecule has 0 saturated carbocycles. The van der Waals surface area contributed by atoms with Crippen molar-refractivity contribution in [1.29, 1.82) is 0 Å². The van der Waals surface area contributed by atoms with Crippen LogP contribution in [0, 0.1) is 6.92 Å². The molecule has 0 amide bonds. The molecule has 0 unspecified atom stereocenters. The summed E-state index contributed by atoms with van der Waals surface area (Å²) in [6.45, 7) is 1.97. The molecule has 0 saturated heterocycles. The Morgan fingerprint density at radius 1 is 1.29 bits per heavy atom. The van der Waals surface area contributed by atoms with Crippen LogP contribution in [0.25, 0.3) is 10.4 Å². The van der Waals surface area contributed by atoms with Crippen molar-refractivity contribution in [3.05, 3.63) is 44.0 Å². The minimum absolute atomic E-state index is 0.351. The van der Waals surface area contributed by atoms with Crippen LogP contribution in [0.2, 0.25) is 0 Å². The molecule has 4 nitrogen and oxygen atoms in total. The molecule has 2 rings (SSSR count). The van der Waals surface area contributed by atoms with Crippen LogP contribution in [0.15, 0.2) is 27.9 Å². The summed E-state index contributed by atoms with van der Waals surface area (Å²) in [6.07, 6.45) is 1.44. The number of rotatable bonds is 1. The number of H-pyrrole nitrogens is 2. The largest absolute Gasteiger partial charge is 0.325 e. The second kappa shape index (κ2) is 3.26. The molecule has 0 radical (unpaired) electrons. The van der Waals surface area contributed by atoms with Crippen LogP contribution in [-0.2, 0) is 0 Å². The molecule has 14 heavy (non-hydrogen) atoms. The molecular weight excluding hydrogens is 200 g/mol. The minimum atomic E-state index is -0.480. The van der Waals surface area contributed by atoms with Crippen LogP contribution in [0.1, 0.15) is 4.88 Å². The lowest BCUT2D eigenvalue weighted by Crippen LogP contribution is -2.22. The van der Waals surface area contributed by atoms with Gasteiger partial charge in [-0.3, -0.25) is 9.78 Å². The van der Waals surface area contributed by atoms with E-state index in [9.17, 15) is 9.59 Å². The standard InChI is InChI=1S/C9H8N2O2S/c1-5-2-3-7(14-5)6-4-10-9(13)11-8(6)12/h2-4H,1H3,(H2,10,11,12,13). The maximum Gasteiger partial charge on any atom is 0.325 e. The lowest BCUT2D eigenvalue weighted by molar-refractivity contribution is 1.04. The maximum absolute atomic E-state index is 11.4. The summed E-state index contributed by atoms with van der Waals surface area (Å²) < 4.78 is 0. The van der Waals surface area contributed by atoms with E-state index in [1.807, 2.05) is 19.1 Å². The zero-order valence-corrected chi connectivity index (χ0v) is 8.27. The molecule has 0 bridgehead atoms. The molecule has 2 heterocycles. The number of hydrogen-bond donors (Lipinski definition) is 2. The van der Waals surface area contributed by atoms with Gasteiger partial charge in [0.15, 0.2) is 0 Å². The number of aromatic amines is 2. The Labute approximate surface area is 83.3 Å². The number of aryl methyl sites for hydroxylation is 1. The van der Waals surface area contributed by atoms with E-state index in [1.165, 1.54) is 17.5 Å². The monoisotopic (exact) mass is 208 g/mol. The van der Waals surface area contributed by atoms with E-state index in [0.29, 0.717) is 5.56 Å². The summed E-state index contributed by atoms with van der Waals surface area (Å²) in [7, 11) is 0. The number of aromatic nitrogens is 2. The first kappa shape index (κ1) is 8.96. The molecule has 2 aromatic rings. The van der Waals surface area contributed by atoms with Gasteiger partial charge in [-0.05, 0) is 19.1 Å². The zero-order valence-electron chi connectivity index (χ0n) is 7.46. The summed E-state index contributed by atoms with van der Waals surface area (Å²) in [5.41, 5.74) is -0.328. The van der Waals surface area contributed by atoms with Gasteiger partial charge in [-0.1, -0.05) is 0 Å². The highest BCUT2D eigenvalue weighted by Crippen LogP contribution is 2.23. The second-order valence-electron chi connectivity index (χ2n) is 2.90. The van der Waals surface area contributed by atoms with Crippen molar-refractivity contribution >= 4 is 11.3 Å². The molecule has 2 N–H and O–H groups in total. The van der Waals surface area contributed by atoms with Crippen molar-refractivity contribution in [2.24, 2.45) is 0 Å². The van der Waals surface area contributed by atoms with Gasteiger partial charge in [-0.25, -0.2) is 4.79 Å². The third-order valence-corrected chi connectivity index (χ3v) is 2.86. The fraction of sp³-hybridized carbons (Fsp3) is 0.111. The quantitative estimate of drug-likeness (QED) is 0.737. The lowest BCUT2D eigenvalue weighted by atomic mass is 10.3. The van der Waals surface area contributed by atoms with E-state index in [4.69, 9.17) is 0 Å². The average Bonchev–Trinajstić information content (AvgIpc) is 2.51. The smallest absolute Gasteiger partial charge is 0.313 e. The van der Waals surface area contributed by atoms with Crippen LogP contribution in [-0.4, -0.2) is 9.97 Å². The van der Waals surface area contributed by atoms with Crippen molar-refractivity contribution in [1.82, 2.24) is 9.97 Å². The van der Waals surface area contributed by atoms with Crippen LogP contribution in [0.4, 0.5) is 0 Å². The van der Waals surface area contributed by atoms with E-state index >= 15 is 0 Å². The minimum Gasteiger partial charge on any atom is -0.313 e. The molecule has 72 valence electrons. The predicted octanol–water partition coefficient (Wildman–Crippen LogP) is 1.10. The van der Waals surface area contributed by atoms with Crippen molar-refractivity contribution in [3.8, 4) is 10.4 Å². The normalized spacial score (nSPS) is 10.4. The van der Waals surface area contributed by atoms with E-state index < -0.39 is 5.69 Å². The SMILES string of the molecule is Cc1ccc(-c2c[nH]c(=O)[nH]c2=O)s1. The second-order valence-corrected chi connectivity index (χ2v) is 4.18. The highest BCUT2D eigenvalue weighted by atomic mass is 32.1. The van der Waals surface area contributed by atoms with Crippen LogP contribution < -0.4 is 11.2 Å². The van der Waals surface area contributed by atoms with Crippen molar-refractivity contribution in [3.63, 3.8) is 0 Å². The lowest BCUT2D eigenvalue weighted by Gasteiger charge is -1.93. The van der Waals surface area contributed by atoms with Gasteiger partial charge in [0.1, 0.15) is 0 Å². The Morgan fingerprint density at radius 3 is 2.64 bits per heavy atom. The first-order valence-corrected chi connectivity index (χ1v) is 4.87. The summed E-state index contributed by atoms with van der Waals surface area (Å²) in [5.74, 6) is 0. The van der Waals surface area contributed by atoms with Crippen molar-refractivity contribution in [2.75, 3.05) is 0 Å². The van der Waals surface area contributed by atoms with Crippen molar-refractivity contribution < 1.29 is 0 Å². The highest BCUT2D eigenvalue weighted by molar-refractivity contribution is 7.15. The Kier molecular flexibility index (Phi) is 2.09. The molecule has 0 aromatic carbocycles. The summed E-state index contributed by atoms with van der Waals surface area (Å²) >= 11 is 1.52. The highest BCUT2D eigenvalue weighted by Gasteiger charge is 2.05. The number of nitrogens with one attached hydrogen (secondary N) is 2. The molecule has 0 aliphatic heterocycles. The van der Waals surface area contributed by atoms with E-state index in [-0.39, 0.29) is 5.56 Å². The van der Waals surface area contributed by atoms with Crippen molar-refractivity contribution in [2.45, 2.75) is 6.92 Å². The Morgan fingerprint density at radius 2 is 2.07 bits per heavy atom. The topological polar surface area (TPSA) is 65.7 Å². The Hall–Kier alpha value is -1.62. The first-order chi connectivity index (χ1) is 6.66. The third-order valence-electron chi connectivity index (χ3n) is 1.83. The van der Waals surface area contributed by atoms with E-state index in [2.05, 4.69) is 9.97 Å². The molecule has 5 heteroatoms. The predicted molar refractivity (Wildman–Crippen MR) is 55.7 cm³/mol. The van der Waals surface area contributed by atoms with E-state index in [1.54, 1.807) is 0 Å². The fourth-order valence-corrected chi connectivity index (χ4v) is 2.05. The van der Waals surface area contributed by atoms with Gasteiger partial charge in [-0.15, -0.1) is 11.3 Å². The molecule has 0 aliphatic carbocycles. The van der Waals surface area contributed by atoms with Crippen LogP contribution >= 0.6 is 11.3 Å². The van der Waals surface area contributed by atoms with Gasteiger partial charge in [0.05, 0.1) is 5.56 Å².